The van der Waals surface area contributed by atoms with E-state index in [1.807, 2.05) is 24.3 Å². The summed E-state index contributed by atoms with van der Waals surface area (Å²) < 4.78 is 2.42. The molecule has 0 saturated heterocycles. The molecule has 0 atom stereocenters. The van der Waals surface area contributed by atoms with E-state index in [0.717, 1.165) is 56.0 Å². The number of hydrogen-bond donors (Lipinski definition) is 0. The highest BCUT2D eigenvalue weighted by Gasteiger charge is 2.38. The largest absolute Gasteiger partial charge is 0.309 e. The van der Waals surface area contributed by atoms with E-state index in [1.54, 1.807) is 0 Å². The van der Waals surface area contributed by atoms with E-state index in [-0.39, 0.29) is 5.41 Å². The Morgan fingerprint density at radius 2 is 1.15 bits per heavy atom. The van der Waals surface area contributed by atoms with Gasteiger partial charge in [-0.15, -0.1) is 0 Å². The average Bonchev–Trinajstić information content (AvgIpc) is 3.69. The van der Waals surface area contributed by atoms with Crippen molar-refractivity contribution in [2.45, 2.75) is 19.3 Å². The van der Waals surface area contributed by atoms with E-state index in [0.29, 0.717) is 5.56 Å². The number of rotatable bonds is 5. The van der Waals surface area contributed by atoms with Gasteiger partial charge in [-0.1, -0.05) is 135 Å². The molecule has 0 spiro atoms. The van der Waals surface area contributed by atoms with Crippen LogP contribution in [0.1, 0.15) is 30.5 Å². The van der Waals surface area contributed by atoms with E-state index in [9.17, 15) is 5.26 Å². The molecule has 1 aliphatic rings. The summed E-state index contributed by atoms with van der Waals surface area (Å²) >= 11 is 0. The van der Waals surface area contributed by atoms with Gasteiger partial charge in [-0.2, -0.15) is 5.26 Å². The van der Waals surface area contributed by atoms with Crippen LogP contribution in [0.15, 0.2) is 176 Å². The van der Waals surface area contributed by atoms with Crippen molar-refractivity contribution in [3.8, 4) is 67.7 Å². The van der Waals surface area contributed by atoms with E-state index in [1.165, 1.54) is 38.5 Å². The summed E-state index contributed by atoms with van der Waals surface area (Å²) in [7, 11) is 0. The molecule has 0 amide bonds. The average molecular weight is 690 g/mol. The van der Waals surface area contributed by atoms with E-state index < -0.39 is 0 Å². The van der Waals surface area contributed by atoms with E-state index in [2.05, 4.69) is 176 Å². The first-order chi connectivity index (χ1) is 26.5. The third-order valence-corrected chi connectivity index (χ3v) is 11.2. The number of nitrogens with zero attached hydrogens (tertiary/aromatic N) is 3. The monoisotopic (exact) mass is 689 g/mol. The number of fused-ring (bicyclic) bond motifs is 7. The number of benzene rings is 7. The summed E-state index contributed by atoms with van der Waals surface area (Å²) in [5.74, 6) is 0. The third-order valence-electron chi connectivity index (χ3n) is 11.2. The minimum absolute atomic E-state index is 0.166. The minimum Gasteiger partial charge on any atom is -0.309 e. The Morgan fingerprint density at radius 3 is 1.94 bits per heavy atom. The lowest BCUT2D eigenvalue weighted by molar-refractivity contribution is 0.666. The van der Waals surface area contributed by atoms with Gasteiger partial charge in [0.05, 0.1) is 34.1 Å². The summed E-state index contributed by atoms with van der Waals surface area (Å²) in [6.07, 6.45) is 0. The van der Waals surface area contributed by atoms with Crippen molar-refractivity contribution in [1.29, 1.82) is 5.26 Å². The van der Waals surface area contributed by atoms with Crippen LogP contribution < -0.4 is 0 Å². The molecule has 7 aromatic carbocycles. The normalized spacial score (nSPS) is 12.8. The fourth-order valence-electron chi connectivity index (χ4n) is 8.67. The Bertz CT molecular complexity index is 2900. The maximum Gasteiger partial charge on any atom is 0.0991 e. The van der Waals surface area contributed by atoms with E-state index >= 15 is 0 Å². The Morgan fingerprint density at radius 1 is 0.500 bits per heavy atom. The van der Waals surface area contributed by atoms with Crippen LogP contribution in [-0.4, -0.2) is 9.55 Å². The maximum absolute atomic E-state index is 9.88. The van der Waals surface area contributed by atoms with Crippen molar-refractivity contribution >= 4 is 21.8 Å². The molecule has 54 heavy (non-hydrogen) atoms. The summed E-state index contributed by atoms with van der Waals surface area (Å²) in [6.45, 7) is 4.72. The van der Waals surface area contributed by atoms with Gasteiger partial charge in [-0.25, -0.2) is 4.98 Å². The topological polar surface area (TPSA) is 41.6 Å². The summed E-state index contributed by atoms with van der Waals surface area (Å²) in [6, 6.07) is 64.6. The second-order valence-electron chi connectivity index (χ2n) is 14.7. The number of hydrogen-bond acceptors (Lipinski definition) is 2. The molecule has 254 valence electrons. The van der Waals surface area contributed by atoms with E-state index in [4.69, 9.17) is 4.98 Å². The fraction of sp³-hybridized carbons (Fsp3) is 0.0588. The van der Waals surface area contributed by atoms with Crippen LogP contribution >= 0.6 is 0 Å². The molecule has 10 rings (SSSR count). The van der Waals surface area contributed by atoms with Crippen molar-refractivity contribution in [3.63, 3.8) is 0 Å². The highest BCUT2D eigenvalue weighted by molar-refractivity contribution is 6.14. The number of nitriles is 1. The van der Waals surface area contributed by atoms with Crippen molar-refractivity contribution in [1.82, 2.24) is 9.55 Å². The highest BCUT2D eigenvalue weighted by atomic mass is 15.0. The fourth-order valence-corrected chi connectivity index (χ4v) is 8.67. The van der Waals surface area contributed by atoms with Crippen molar-refractivity contribution in [2.75, 3.05) is 0 Å². The van der Waals surface area contributed by atoms with Crippen LogP contribution in [0, 0.1) is 11.3 Å². The first kappa shape index (κ1) is 31.7. The predicted octanol–water partition coefficient (Wildman–Crippen LogP) is 13.0. The molecule has 9 aromatic rings. The van der Waals surface area contributed by atoms with Crippen LogP contribution in [-0.2, 0) is 5.41 Å². The quantitative estimate of drug-likeness (QED) is 0.180. The zero-order valence-electron chi connectivity index (χ0n) is 30.1. The van der Waals surface area contributed by atoms with Crippen LogP contribution in [0.25, 0.3) is 83.4 Å². The zero-order chi connectivity index (χ0) is 36.4. The van der Waals surface area contributed by atoms with Crippen molar-refractivity contribution < 1.29 is 0 Å². The van der Waals surface area contributed by atoms with Crippen molar-refractivity contribution in [2.24, 2.45) is 0 Å². The molecule has 0 aliphatic heterocycles. The van der Waals surface area contributed by atoms with Crippen molar-refractivity contribution in [3.05, 3.63) is 193 Å². The second kappa shape index (κ2) is 12.3. The van der Waals surface area contributed by atoms with Crippen LogP contribution in [0.2, 0.25) is 0 Å². The highest BCUT2D eigenvalue weighted by Crippen LogP contribution is 2.53. The second-order valence-corrected chi connectivity index (χ2v) is 14.7. The SMILES string of the molecule is CC1(C)c2ccccc2-c2ccc3c(c21)c1ccccc1n3-c1cc(-c2cccc(C#N)c2)cc(-c2cc(-c3ccccc3)cc(-c3ccccc3)n2)c1. The molecule has 0 unspecified atom stereocenters. The Kier molecular flexibility index (Phi) is 7.22. The number of pyridine rings is 1. The minimum atomic E-state index is -0.166. The van der Waals surface area contributed by atoms with Gasteiger partial charge in [-0.05, 0) is 99.1 Å². The smallest absolute Gasteiger partial charge is 0.0991 e. The molecule has 3 heteroatoms. The van der Waals surface area contributed by atoms with Gasteiger partial charge in [0, 0.05) is 33.0 Å². The lowest BCUT2D eigenvalue weighted by atomic mass is 9.80. The zero-order valence-corrected chi connectivity index (χ0v) is 30.1. The Hall–Kier alpha value is -7.02. The maximum atomic E-state index is 9.88. The molecule has 0 N–H and O–H groups in total. The Labute approximate surface area is 315 Å². The first-order valence-electron chi connectivity index (χ1n) is 18.4. The predicted molar refractivity (Wildman–Crippen MR) is 223 cm³/mol. The molecular formula is C51H35N3. The summed E-state index contributed by atoms with van der Waals surface area (Å²) in [4.78, 5) is 5.34. The Balaban J connectivity index is 1.27. The van der Waals surface area contributed by atoms with Gasteiger partial charge in [0.15, 0.2) is 0 Å². The molecule has 0 bridgehead atoms. The molecule has 3 nitrogen and oxygen atoms in total. The van der Waals surface area contributed by atoms with Crippen LogP contribution in [0.3, 0.4) is 0 Å². The lowest BCUT2D eigenvalue weighted by Gasteiger charge is -2.22. The first-order valence-corrected chi connectivity index (χ1v) is 18.4. The molecule has 1 aliphatic carbocycles. The molecular weight excluding hydrogens is 655 g/mol. The number of aromatic nitrogens is 2. The molecule has 2 heterocycles. The third kappa shape index (κ3) is 4.99. The number of para-hydroxylation sites is 1. The van der Waals surface area contributed by atoms with Gasteiger partial charge >= 0.3 is 0 Å². The lowest BCUT2D eigenvalue weighted by Crippen LogP contribution is -2.15. The van der Waals surface area contributed by atoms with Crippen LogP contribution in [0.5, 0.6) is 0 Å². The molecule has 0 radical (unpaired) electrons. The summed E-state index contributed by atoms with van der Waals surface area (Å²) in [5.41, 5.74) is 17.3. The van der Waals surface area contributed by atoms with Gasteiger partial charge < -0.3 is 4.57 Å². The van der Waals surface area contributed by atoms with Gasteiger partial charge in [-0.3, -0.25) is 0 Å². The standard InChI is InChI=1S/C51H35N3/c1-51(2)44-22-11-9-20-41(44)42-24-25-48-49(50(42)51)43-21-10-12-23-47(43)54(48)40-28-37(36-19-13-14-33(26-36)32-52)27-39(29-40)46-31-38(34-15-5-3-6-16-34)30-45(53-46)35-17-7-4-8-18-35/h3-31H,1-2H3. The van der Waals surface area contributed by atoms with Gasteiger partial charge in [0.1, 0.15) is 0 Å². The van der Waals surface area contributed by atoms with Gasteiger partial charge in [0.25, 0.3) is 0 Å². The van der Waals surface area contributed by atoms with Crippen LogP contribution in [0.4, 0.5) is 0 Å². The molecule has 0 saturated carbocycles. The molecule has 0 fully saturated rings. The summed E-state index contributed by atoms with van der Waals surface area (Å²) in [5, 5.41) is 12.4. The molecule has 2 aromatic heterocycles. The van der Waals surface area contributed by atoms with Gasteiger partial charge in [0.2, 0.25) is 0 Å².